The predicted octanol–water partition coefficient (Wildman–Crippen LogP) is 4.48. The van der Waals surface area contributed by atoms with Crippen LogP contribution in [0.4, 0.5) is 0 Å². The van der Waals surface area contributed by atoms with Gasteiger partial charge in [-0.2, -0.15) is 4.52 Å². The second kappa shape index (κ2) is 8.36. The Balaban J connectivity index is 1.58. The Morgan fingerprint density at radius 3 is 2.56 bits per heavy atom. The largest absolute Gasteiger partial charge is 0.330 e. The van der Waals surface area contributed by atoms with Gasteiger partial charge < -0.3 is 4.90 Å². The van der Waals surface area contributed by atoms with Gasteiger partial charge in [-0.05, 0) is 65.4 Å². The second-order valence-electron chi connectivity index (χ2n) is 7.67. The molecule has 0 atom stereocenters. The highest BCUT2D eigenvalue weighted by Gasteiger charge is 2.20. The summed E-state index contributed by atoms with van der Waals surface area (Å²) in [7, 11) is 0. The summed E-state index contributed by atoms with van der Waals surface area (Å²) in [4.78, 5) is 19.2. The summed E-state index contributed by atoms with van der Waals surface area (Å²) in [6, 6.07) is 19.1. The van der Waals surface area contributed by atoms with E-state index in [0.717, 1.165) is 27.6 Å². The normalized spacial score (nSPS) is 11.2. The molecule has 0 aliphatic rings. The van der Waals surface area contributed by atoms with Gasteiger partial charge in [0.2, 0.25) is 0 Å². The van der Waals surface area contributed by atoms with Crippen molar-refractivity contribution in [3.63, 3.8) is 0 Å². The summed E-state index contributed by atoms with van der Waals surface area (Å²) in [5.74, 6) is -0.0997. The number of aromatic nitrogens is 5. The van der Waals surface area contributed by atoms with Crippen LogP contribution in [0.1, 0.15) is 27.0 Å². The van der Waals surface area contributed by atoms with Crippen molar-refractivity contribution in [2.75, 3.05) is 0 Å². The topological polar surface area (TPSA) is 76.3 Å². The zero-order chi connectivity index (χ0) is 22.1. The molecule has 158 valence electrons. The number of benzene rings is 2. The van der Waals surface area contributed by atoms with Crippen molar-refractivity contribution < 1.29 is 4.79 Å². The molecule has 0 fully saturated rings. The lowest BCUT2D eigenvalue weighted by Gasteiger charge is -2.23. The first kappa shape index (κ1) is 20.1. The number of hydrogen-bond acceptors (Lipinski definition) is 5. The zero-order valence-corrected chi connectivity index (χ0v) is 18.1. The summed E-state index contributed by atoms with van der Waals surface area (Å²) in [5, 5.41) is 13.9. The van der Waals surface area contributed by atoms with Crippen LogP contribution in [-0.2, 0) is 13.1 Å². The molecule has 1 amide bonds. The number of pyridine rings is 2. The third-order valence-corrected chi connectivity index (χ3v) is 5.61. The number of carbonyl (C=O) groups is 1. The molecule has 0 spiro atoms. The van der Waals surface area contributed by atoms with Gasteiger partial charge in [0.05, 0.1) is 12.1 Å². The molecule has 0 radical (unpaired) electrons. The van der Waals surface area contributed by atoms with Gasteiger partial charge in [-0.3, -0.25) is 9.78 Å². The van der Waals surface area contributed by atoms with E-state index in [9.17, 15) is 4.79 Å². The number of tetrazole rings is 1. The Labute approximate surface area is 189 Å². The zero-order valence-electron chi connectivity index (χ0n) is 17.3. The van der Waals surface area contributed by atoms with Crippen LogP contribution < -0.4 is 0 Å². The summed E-state index contributed by atoms with van der Waals surface area (Å²) in [5.41, 5.74) is 5.10. The van der Waals surface area contributed by atoms with Crippen LogP contribution in [0.25, 0.3) is 16.6 Å². The van der Waals surface area contributed by atoms with Gasteiger partial charge in [-0.1, -0.05) is 35.4 Å². The minimum absolute atomic E-state index is 0.0997. The van der Waals surface area contributed by atoms with Crippen LogP contribution >= 0.6 is 11.6 Å². The molecule has 3 aromatic heterocycles. The molecule has 0 saturated heterocycles. The van der Waals surface area contributed by atoms with Crippen molar-refractivity contribution in [2.45, 2.75) is 20.0 Å². The van der Waals surface area contributed by atoms with Gasteiger partial charge in [0, 0.05) is 40.5 Å². The fourth-order valence-corrected chi connectivity index (χ4v) is 3.92. The quantitative estimate of drug-likeness (QED) is 0.401. The maximum atomic E-state index is 13.4. The minimum Gasteiger partial charge on any atom is -0.330 e. The van der Waals surface area contributed by atoms with Crippen LogP contribution in [0.2, 0.25) is 5.02 Å². The summed E-state index contributed by atoms with van der Waals surface area (Å²) in [6.07, 6.45) is 3.24. The molecule has 32 heavy (non-hydrogen) atoms. The maximum Gasteiger partial charge on any atom is 0.254 e. The molecule has 5 aromatic rings. The third kappa shape index (κ3) is 3.90. The number of hydrogen-bond donors (Lipinski definition) is 0. The van der Waals surface area contributed by atoms with Crippen LogP contribution in [0, 0.1) is 6.92 Å². The van der Waals surface area contributed by atoms with Gasteiger partial charge in [0.15, 0.2) is 5.65 Å². The maximum absolute atomic E-state index is 13.4. The van der Waals surface area contributed by atoms with E-state index in [0.29, 0.717) is 29.3 Å². The lowest BCUT2D eigenvalue weighted by Crippen LogP contribution is -2.30. The van der Waals surface area contributed by atoms with E-state index in [1.165, 1.54) is 0 Å². The van der Waals surface area contributed by atoms with Crippen molar-refractivity contribution in [3.8, 4) is 0 Å². The Morgan fingerprint density at radius 1 is 1.00 bits per heavy atom. The van der Waals surface area contributed by atoms with Gasteiger partial charge in [0.1, 0.15) is 0 Å². The smallest absolute Gasteiger partial charge is 0.254 e. The van der Waals surface area contributed by atoms with E-state index in [4.69, 9.17) is 11.6 Å². The monoisotopic (exact) mass is 442 g/mol. The molecule has 0 bridgehead atoms. The van der Waals surface area contributed by atoms with Crippen molar-refractivity contribution in [1.29, 1.82) is 0 Å². The Kier molecular flexibility index (Phi) is 5.25. The molecule has 0 saturated carbocycles. The number of nitrogens with zero attached hydrogens (tertiary/aromatic N) is 6. The standard InChI is InChI=1S/C24H19ClN6O/c1-16-2-7-22-19(12-16)13-20(23-27-28-29-31(22)23)15-30(14-17-3-5-21(25)6-4-17)24(32)18-8-10-26-11-9-18/h2-13H,14-15H2,1H3. The summed E-state index contributed by atoms with van der Waals surface area (Å²) < 4.78 is 1.72. The first-order valence-electron chi connectivity index (χ1n) is 10.1. The molecule has 0 unspecified atom stereocenters. The Morgan fingerprint density at radius 2 is 1.78 bits per heavy atom. The highest BCUT2D eigenvalue weighted by Crippen LogP contribution is 2.23. The van der Waals surface area contributed by atoms with Gasteiger partial charge in [-0.25, -0.2) is 0 Å². The van der Waals surface area contributed by atoms with E-state index < -0.39 is 0 Å². The highest BCUT2D eigenvalue weighted by molar-refractivity contribution is 6.30. The number of halogens is 1. The molecule has 2 aromatic carbocycles. The first-order chi connectivity index (χ1) is 15.6. The highest BCUT2D eigenvalue weighted by atomic mass is 35.5. The van der Waals surface area contributed by atoms with E-state index in [2.05, 4.69) is 32.6 Å². The molecule has 0 N–H and O–H groups in total. The van der Waals surface area contributed by atoms with E-state index in [1.807, 2.05) is 43.3 Å². The molecular weight excluding hydrogens is 424 g/mol. The van der Waals surface area contributed by atoms with E-state index in [-0.39, 0.29) is 5.91 Å². The number of amides is 1. The minimum atomic E-state index is -0.0997. The van der Waals surface area contributed by atoms with Crippen LogP contribution in [0.15, 0.2) is 73.1 Å². The van der Waals surface area contributed by atoms with Gasteiger partial charge in [-0.15, -0.1) is 5.10 Å². The fourth-order valence-electron chi connectivity index (χ4n) is 3.79. The molecule has 5 rings (SSSR count). The molecule has 7 nitrogen and oxygen atoms in total. The number of rotatable bonds is 5. The molecule has 3 heterocycles. The average Bonchev–Trinajstić information content (AvgIpc) is 3.30. The molecule has 0 aliphatic heterocycles. The third-order valence-electron chi connectivity index (χ3n) is 5.36. The lowest BCUT2D eigenvalue weighted by atomic mass is 10.1. The van der Waals surface area contributed by atoms with Crippen LogP contribution in [-0.4, -0.2) is 35.8 Å². The van der Waals surface area contributed by atoms with Crippen molar-refractivity contribution in [3.05, 3.63) is 100 Å². The van der Waals surface area contributed by atoms with Crippen LogP contribution in [0.5, 0.6) is 0 Å². The van der Waals surface area contributed by atoms with E-state index >= 15 is 0 Å². The number of carbonyl (C=O) groups excluding carboxylic acids is 1. The van der Waals surface area contributed by atoms with Crippen molar-refractivity contribution >= 4 is 34.1 Å². The Hall–Kier alpha value is -3.84. The fraction of sp³-hybridized carbons (Fsp3) is 0.125. The van der Waals surface area contributed by atoms with Crippen molar-refractivity contribution in [2.24, 2.45) is 0 Å². The van der Waals surface area contributed by atoms with Crippen molar-refractivity contribution in [1.82, 2.24) is 29.9 Å². The second-order valence-corrected chi connectivity index (χ2v) is 8.11. The van der Waals surface area contributed by atoms with Gasteiger partial charge in [0.25, 0.3) is 5.91 Å². The van der Waals surface area contributed by atoms with Crippen LogP contribution in [0.3, 0.4) is 0 Å². The molecular formula is C24H19ClN6O. The van der Waals surface area contributed by atoms with Gasteiger partial charge >= 0.3 is 0 Å². The SMILES string of the molecule is Cc1ccc2c(c1)cc(CN(Cc1ccc(Cl)cc1)C(=O)c1ccncc1)c1nnnn12. The van der Waals surface area contributed by atoms with E-state index in [1.54, 1.807) is 33.9 Å². The molecule has 8 heteroatoms. The Bertz CT molecular complexity index is 1420. The first-order valence-corrected chi connectivity index (χ1v) is 10.5. The lowest BCUT2D eigenvalue weighted by molar-refractivity contribution is 0.0730. The number of fused-ring (bicyclic) bond motifs is 3. The summed E-state index contributed by atoms with van der Waals surface area (Å²) >= 11 is 6.05. The summed E-state index contributed by atoms with van der Waals surface area (Å²) in [6.45, 7) is 2.80. The predicted molar refractivity (Wildman–Crippen MR) is 122 cm³/mol. The molecule has 0 aliphatic carbocycles. The average molecular weight is 443 g/mol. The number of aryl methyl sites for hydroxylation is 1.